The van der Waals surface area contributed by atoms with Crippen molar-refractivity contribution in [2.75, 3.05) is 13.1 Å². The van der Waals surface area contributed by atoms with Crippen LogP contribution in [-0.2, 0) is 14.9 Å². The van der Waals surface area contributed by atoms with Crippen molar-refractivity contribution in [1.82, 2.24) is 4.90 Å². The lowest BCUT2D eigenvalue weighted by atomic mass is 9.67. The van der Waals surface area contributed by atoms with Crippen LogP contribution in [0, 0.1) is 0 Å². The molecule has 136 valence electrons. The maximum Gasteiger partial charge on any atom is 0.410 e. The van der Waals surface area contributed by atoms with Crippen molar-refractivity contribution in [3.05, 3.63) is 29.8 Å². The highest BCUT2D eigenvalue weighted by Gasteiger charge is 2.46. The normalized spacial score (nSPS) is 22.0. The van der Waals surface area contributed by atoms with Crippen LogP contribution in [0.5, 0.6) is 5.75 Å². The molecule has 2 aliphatic heterocycles. The second-order valence-electron chi connectivity index (χ2n) is 7.89. The van der Waals surface area contributed by atoms with Crippen molar-refractivity contribution in [3.8, 4) is 5.75 Å². The molecule has 0 radical (unpaired) electrons. The number of piperidine rings is 1. The van der Waals surface area contributed by atoms with Crippen LogP contribution in [0.2, 0.25) is 0 Å². The molecule has 1 aromatic carbocycles. The van der Waals surface area contributed by atoms with E-state index in [1.54, 1.807) is 4.90 Å². The lowest BCUT2D eigenvalue weighted by molar-refractivity contribution is -0.147. The van der Waals surface area contributed by atoms with Gasteiger partial charge >= 0.3 is 12.1 Å². The maximum atomic E-state index is 12.3. The van der Waals surface area contributed by atoms with Gasteiger partial charge in [0.1, 0.15) is 11.4 Å². The fraction of sp³-hybridized carbons (Fsp3) is 0.579. The molecule has 0 saturated carbocycles. The van der Waals surface area contributed by atoms with Crippen molar-refractivity contribution < 1.29 is 24.2 Å². The summed E-state index contributed by atoms with van der Waals surface area (Å²) in [5, 5.41) is 9.44. The van der Waals surface area contributed by atoms with Gasteiger partial charge in [-0.2, -0.15) is 0 Å². The molecule has 1 amide bonds. The summed E-state index contributed by atoms with van der Waals surface area (Å²) in [5.41, 5.74) is 0.263. The molecule has 2 aliphatic rings. The molecule has 1 fully saturated rings. The fourth-order valence-corrected chi connectivity index (χ4v) is 3.72. The quantitative estimate of drug-likeness (QED) is 0.844. The van der Waals surface area contributed by atoms with Gasteiger partial charge in [-0.3, -0.25) is 0 Å². The Morgan fingerprint density at radius 1 is 1.24 bits per heavy atom. The molecular weight excluding hydrogens is 322 g/mol. The second-order valence-corrected chi connectivity index (χ2v) is 7.89. The van der Waals surface area contributed by atoms with E-state index in [1.807, 2.05) is 45.0 Å². The first-order chi connectivity index (χ1) is 11.7. The van der Waals surface area contributed by atoms with Gasteiger partial charge in [0, 0.05) is 30.5 Å². The van der Waals surface area contributed by atoms with Crippen molar-refractivity contribution in [1.29, 1.82) is 0 Å². The maximum absolute atomic E-state index is 12.3. The Morgan fingerprint density at radius 3 is 2.48 bits per heavy atom. The summed E-state index contributed by atoms with van der Waals surface area (Å²) in [6, 6.07) is 7.64. The highest BCUT2D eigenvalue weighted by molar-refractivity contribution is 5.74. The predicted octanol–water partition coefficient (Wildman–Crippen LogP) is 3.19. The van der Waals surface area contributed by atoms with E-state index in [4.69, 9.17) is 9.47 Å². The molecule has 0 bridgehead atoms. The zero-order valence-corrected chi connectivity index (χ0v) is 14.9. The number of carboxylic acids is 1. The zero-order chi connectivity index (χ0) is 18.2. The Morgan fingerprint density at radius 2 is 1.88 bits per heavy atom. The van der Waals surface area contributed by atoms with Crippen LogP contribution in [0.1, 0.15) is 45.6 Å². The van der Waals surface area contributed by atoms with Gasteiger partial charge in [-0.05, 0) is 39.7 Å². The number of hydrogen-bond acceptors (Lipinski definition) is 4. The molecular formula is C19H25NO5. The number of rotatable bonds is 1. The van der Waals surface area contributed by atoms with Crippen molar-refractivity contribution in [2.24, 2.45) is 0 Å². The van der Waals surface area contributed by atoms with Crippen molar-refractivity contribution in [2.45, 2.75) is 57.2 Å². The fourth-order valence-electron chi connectivity index (χ4n) is 3.72. The lowest BCUT2D eigenvalue weighted by Gasteiger charge is -2.46. The number of carbonyl (C=O) groups is 2. The summed E-state index contributed by atoms with van der Waals surface area (Å²) < 4.78 is 11.1. The summed E-state index contributed by atoms with van der Waals surface area (Å²) in [6.45, 7) is 6.65. The van der Waals surface area contributed by atoms with E-state index in [0.29, 0.717) is 38.1 Å². The minimum atomic E-state index is -0.941. The van der Waals surface area contributed by atoms with Crippen LogP contribution in [0.25, 0.3) is 0 Å². The number of benzene rings is 1. The number of ether oxygens (including phenoxy) is 2. The van der Waals surface area contributed by atoms with E-state index >= 15 is 0 Å². The molecule has 1 saturated heterocycles. The van der Waals surface area contributed by atoms with E-state index in [0.717, 1.165) is 5.56 Å². The van der Waals surface area contributed by atoms with Crippen LogP contribution in [0.3, 0.4) is 0 Å². The number of carbonyl (C=O) groups excluding carboxylic acids is 1. The highest BCUT2D eigenvalue weighted by atomic mass is 16.6. The molecule has 25 heavy (non-hydrogen) atoms. The number of para-hydroxylation sites is 1. The van der Waals surface area contributed by atoms with E-state index in [1.165, 1.54) is 0 Å². The third kappa shape index (κ3) is 3.57. The zero-order valence-electron chi connectivity index (χ0n) is 14.9. The van der Waals surface area contributed by atoms with Gasteiger partial charge < -0.3 is 19.5 Å². The third-order valence-electron chi connectivity index (χ3n) is 4.95. The minimum Gasteiger partial charge on any atom is -0.479 e. The summed E-state index contributed by atoms with van der Waals surface area (Å²) >= 11 is 0. The van der Waals surface area contributed by atoms with Crippen molar-refractivity contribution >= 4 is 12.1 Å². The lowest BCUT2D eigenvalue weighted by Crippen LogP contribution is -2.51. The Labute approximate surface area is 147 Å². The van der Waals surface area contributed by atoms with Crippen LogP contribution < -0.4 is 4.74 Å². The molecule has 0 aliphatic carbocycles. The average Bonchev–Trinajstić information content (AvgIpc) is 2.54. The van der Waals surface area contributed by atoms with E-state index in [9.17, 15) is 14.7 Å². The monoisotopic (exact) mass is 347 g/mol. The third-order valence-corrected chi connectivity index (χ3v) is 4.95. The van der Waals surface area contributed by atoms with Gasteiger partial charge in [0.25, 0.3) is 0 Å². The number of fused-ring (bicyclic) bond motifs is 2. The van der Waals surface area contributed by atoms with Crippen LogP contribution in [-0.4, -0.2) is 46.9 Å². The Kier molecular flexibility index (Phi) is 4.39. The Balaban J connectivity index is 1.79. The van der Waals surface area contributed by atoms with E-state index in [2.05, 4.69) is 0 Å². The number of carboxylic acid groups (broad SMARTS) is 1. The van der Waals surface area contributed by atoms with Crippen LogP contribution >= 0.6 is 0 Å². The predicted molar refractivity (Wildman–Crippen MR) is 91.8 cm³/mol. The van der Waals surface area contributed by atoms with Gasteiger partial charge in [0.05, 0.1) is 0 Å². The summed E-state index contributed by atoms with van der Waals surface area (Å²) in [7, 11) is 0. The molecule has 1 aromatic rings. The molecule has 0 aromatic heterocycles. The van der Waals surface area contributed by atoms with Gasteiger partial charge in [-0.25, -0.2) is 9.59 Å². The van der Waals surface area contributed by atoms with Gasteiger partial charge in [-0.15, -0.1) is 0 Å². The molecule has 1 spiro atoms. The molecule has 6 heteroatoms. The van der Waals surface area contributed by atoms with E-state index < -0.39 is 17.7 Å². The first-order valence-electron chi connectivity index (χ1n) is 8.67. The number of hydrogen-bond donors (Lipinski definition) is 1. The summed E-state index contributed by atoms with van der Waals surface area (Å²) in [6.07, 6.45) is 0.689. The molecule has 1 N–H and O–H groups in total. The minimum absolute atomic E-state index is 0.267. The number of likely N-dealkylation sites (tertiary alicyclic amines) is 1. The largest absolute Gasteiger partial charge is 0.479 e. The van der Waals surface area contributed by atoms with Crippen LogP contribution in [0.4, 0.5) is 4.79 Å². The summed E-state index contributed by atoms with van der Waals surface area (Å²) in [5.74, 6) is -0.296. The van der Waals surface area contributed by atoms with Crippen molar-refractivity contribution in [3.63, 3.8) is 0 Å². The van der Waals surface area contributed by atoms with Crippen LogP contribution in [0.15, 0.2) is 24.3 Å². The molecule has 3 rings (SSSR count). The first-order valence-corrected chi connectivity index (χ1v) is 8.67. The average molecular weight is 347 g/mol. The Bertz CT molecular complexity index is 671. The molecule has 1 unspecified atom stereocenters. The molecule has 6 nitrogen and oxygen atoms in total. The second kappa shape index (κ2) is 6.24. The SMILES string of the molecule is CC(C)(C)OC(=O)N1CCC2(CC1)CC(C(=O)O)Oc1ccccc12. The Hall–Kier alpha value is -2.24. The van der Waals surface area contributed by atoms with Gasteiger partial charge in [0.15, 0.2) is 6.10 Å². The first kappa shape index (κ1) is 17.6. The molecule has 1 atom stereocenters. The standard InChI is InChI=1S/C19H25NO5/c1-18(2,3)25-17(23)20-10-8-19(9-11-20)12-15(16(21)22)24-14-7-5-4-6-13(14)19/h4-7,15H,8-12H2,1-3H3,(H,21,22). The summed E-state index contributed by atoms with van der Waals surface area (Å²) in [4.78, 5) is 25.5. The number of nitrogens with zero attached hydrogens (tertiary/aromatic N) is 1. The van der Waals surface area contributed by atoms with E-state index in [-0.39, 0.29) is 11.5 Å². The molecule has 2 heterocycles. The topological polar surface area (TPSA) is 76.1 Å². The highest BCUT2D eigenvalue weighted by Crippen LogP contribution is 2.47. The van der Waals surface area contributed by atoms with Gasteiger partial charge in [-0.1, -0.05) is 18.2 Å². The smallest absolute Gasteiger partial charge is 0.410 e. The van der Waals surface area contributed by atoms with Gasteiger partial charge in [0.2, 0.25) is 0 Å². The number of amides is 1. The number of aliphatic carboxylic acids is 1.